The number of nitrogens with zero attached hydrogens (tertiary/aromatic N) is 1. The second-order valence-corrected chi connectivity index (χ2v) is 5.69. The second-order valence-electron chi connectivity index (χ2n) is 5.13. The SMILES string of the molecule is COC(=O)c1ccc(OC[C@H]2[C@H](Cl)CCN2CC[C-]=O)cc1.[U]. The van der Waals surface area contributed by atoms with Crippen molar-refractivity contribution in [3.05, 3.63) is 29.8 Å². The van der Waals surface area contributed by atoms with Gasteiger partial charge in [-0.1, -0.05) is 0 Å². The zero-order valence-electron chi connectivity index (χ0n) is 13.0. The molecule has 23 heavy (non-hydrogen) atoms. The average Bonchev–Trinajstić information content (AvgIpc) is 2.90. The molecule has 0 N–H and O–H groups in total. The number of halogens is 1. The number of carbonyl (C=O) groups excluding carboxylic acids is 2. The smallest absolute Gasteiger partial charge is 0.337 e. The topological polar surface area (TPSA) is 55.8 Å². The first-order valence-corrected chi connectivity index (χ1v) is 7.63. The van der Waals surface area contributed by atoms with Crippen LogP contribution in [0.4, 0.5) is 0 Å². The summed E-state index contributed by atoms with van der Waals surface area (Å²) in [7, 11) is 1.35. The molecule has 0 aromatic heterocycles. The summed E-state index contributed by atoms with van der Waals surface area (Å²) in [4.78, 5) is 23.9. The number of likely N-dealkylation sites (tertiary alicyclic amines) is 1. The van der Waals surface area contributed by atoms with Crippen molar-refractivity contribution in [2.75, 3.05) is 26.8 Å². The number of alkyl halides is 1. The van der Waals surface area contributed by atoms with Crippen LogP contribution < -0.4 is 4.74 Å². The molecule has 1 aliphatic heterocycles. The first kappa shape index (κ1) is 20.5. The summed E-state index contributed by atoms with van der Waals surface area (Å²) in [6.07, 6.45) is 3.17. The first-order chi connectivity index (χ1) is 10.7. The molecule has 1 aromatic rings. The summed E-state index contributed by atoms with van der Waals surface area (Å²) < 4.78 is 10.4. The summed E-state index contributed by atoms with van der Waals surface area (Å²) in [5.74, 6) is 0.296. The third-order valence-corrected chi connectivity index (χ3v) is 4.28. The largest absolute Gasteiger partial charge is 0.542 e. The van der Waals surface area contributed by atoms with Crippen molar-refractivity contribution < 1.29 is 50.2 Å². The molecule has 1 saturated heterocycles. The molecule has 0 aliphatic carbocycles. The molecule has 0 bridgehead atoms. The van der Waals surface area contributed by atoms with Crippen LogP contribution in [-0.4, -0.2) is 55.4 Å². The Labute approximate surface area is 165 Å². The van der Waals surface area contributed by atoms with Gasteiger partial charge in [-0.2, -0.15) is 0 Å². The Morgan fingerprint density at radius 3 is 2.70 bits per heavy atom. The van der Waals surface area contributed by atoms with E-state index < -0.39 is 0 Å². The molecule has 7 heteroatoms. The molecular weight excluding hydrogens is 544 g/mol. The van der Waals surface area contributed by atoms with Crippen molar-refractivity contribution in [2.24, 2.45) is 0 Å². The molecule has 0 spiro atoms. The fraction of sp³-hybridized carbons (Fsp3) is 0.500. The third kappa shape index (κ3) is 5.79. The number of methoxy groups -OCH3 is 1. The normalized spacial score (nSPS) is 20.6. The van der Waals surface area contributed by atoms with Crippen LogP contribution in [0.5, 0.6) is 5.75 Å². The van der Waals surface area contributed by atoms with Gasteiger partial charge < -0.3 is 14.3 Å². The van der Waals surface area contributed by atoms with E-state index in [1.807, 2.05) is 6.29 Å². The van der Waals surface area contributed by atoms with Gasteiger partial charge in [-0.15, -0.1) is 18.0 Å². The maximum Gasteiger partial charge on any atom is 0.337 e. The minimum atomic E-state index is -0.376. The maximum absolute atomic E-state index is 11.4. The monoisotopic (exact) mass is 562 g/mol. The minimum Gasteiger partial charge on any atom is -0.542 e. The fourth-order valence-corrected chi connectivity index (χ4v) is 2.87. The van der Waals surface area contributed by atoms with Gasteiger partial charge in [-0.25, -0.2) is 4.79 Å². The number of rotatable bonds is 7. The van der Waals surface area contributed by atoms with Crippen LogP contribution in [0.25, 0.3) is 0 Å². The van der Waals surface area contributed by atoms with E-state index in [4.69, 9.17) is 16.3 Å². The van der Waals surface area contributed by atoms with Crippen molar-refractivity contribution in [1.82, 2.24) is 4.90 Å². The second kappa shape index (κ2) is 10.4. The van der Waals surface area contributed by atoms with Gasteiger partial charge in [0.25, 0.3) is 0 Å². The Hall–Kier alpha value is -0.538. The predicted molar refractivity (Wildman–Crippen MR) is 83.2 cm³/mol. The van der Waals surface area contributed by atoms with Gasteiger partial charge in [0.05, 0.1) is 24.1 Å². The number of ether oxygens (including phenoxy) is 2. The average molecular weight is 563 g/mol. The zero-order chi connectivity index (χ0) is 15.9. The quantitative estimate of drug-likeness (QED) is 0.289. The van der Waals surface area contributed by atoms with E-state index in [1.165, 1.54) is 7.11 Å². The number of benzene rings is 1. The van der Waals surface area contributed by atoms with Gasteiger partial charge in [-0.3, -0.25) is 11.2 Å². The van der Waals surface area contributed by atoms with Crippen LogP contribution in [0.1, 0.15) is 23.2 Å². The van der Waals surface area contributed by atoms with E-state index in [0.29, 0.717) is 30.9 Å². The molecule has 2 atom stereocenters. The van der Waals surface area contributed by atoms with Crippen molar-refractivity contribution in [1.29, 1.82) is 0 Å². The molecule has 1 heterocycles. The van der Waals surface area contributed by atoms with Gasteiger partial charge in [-0.05, 0) is 43.8 Å². The molecule has 0 radical (unpaired) electrons. The van der Waals surface area contributed by atoms with E-state index in [1.54, 1.807) is 24.3 Å². The van der Waals surface area contributed by atoms with E-state index in [9.17, 15) is 9.59 Å². The van der Waals surface area contributed by atoms with E-state index in [2.05, 4.69) is 9.64 Å². The molecule has 1 fully saturated rings. The van der Waals surface area contributed by atoms with E-state index >= 15 is 0 Å². The zero-order valence-corrected chi connectivity index (χ0v) is 17.9. The molecular formula is C16H19ClNO4U-. The van der Waals surface area contributed by atoms with Crippen molar-refractivity contribution in [2.45, 2.75) is 24.3 Å². The third-order valence-electron chi connectivity index (χ3n) is 3.78. The molecule has 124 valence electrons. The number of esters is 1. The van der Waals surface area contributed by atoms with Gasteiger partial charge in [0.1, 0.15) is 12.4 Å². The van der Waals surface area contributed by atoms with Crippen molar-refractivity contribution in [3.63, 3.8) is 0 Å². The van der Waals surface area contributed by atoms with E-state index in [-0.39, 0.29) is 48.5 Å². The van der Waals surface area contributed by atoms with Crippen LogP contribution in [0.15, 0.2) is 24.3 Å². The van der Waals surface area contributed by atoms with Crippen LogP contribution in [-0.2, 0) is 9.53 Å². The molecule has 1 aliphatic rings. The molecule has 1 aromatic carbocycles. The Bertz CT molecular complexity index is 511. The summed E-state index contributed by atoms with van der Waals surface area (Å²) in [6.45, 7) is 1.97. The molecule has 0 amide bonds. The maximum atomic E-state index is 11.4. The van der Waals surface area contributed by atoms with Gasteiger partial charge in [0.15, 0.2) is 0 Å². The summed E-state index contributed by atoms with van der Waals surface area (Å²) >= 11 is 6.32. The summed E-state index contributed by atoms with van der Waals surface area (Å²) in [5, 5.41) is 0.0148. The molecule has 2 rings (SSSR count). The van der Waals surface area contributed by atoms with Crippen LogP contribution in [0.2, 0.25) is 0 Å². The van der Waals surface area contributed by atoms with Crippen LogP contribution in [0.3, 0.4) is 0 Å². The van der Waals surface area contributed by atoms with Gasteiger partial charge in [0.2, 0.25) is 0 Å². The van der Waals surface area contributed by atoms with Gasteiger partial charge >= 0.3 is 5.97 Å². The molecule has 0 unspecified atom stereocenters. The summed E-state index contributed by atoms with van der Waals surface area (Å²) in [6, 6.07) is 6.86. The summed E-state index contributed by atoms with van der Waals surface area (Å²) in [5.41, 5.74) is 0.481. The first-order valence-electron chi connectivity index (χ1n) is 7.20. The van der Waals surface area contributed by atoms with Crippen LogP contribution in [0, 0.1) is 31.1 Å². The Morgan fingerprint density at radius 1 is 1.39 bits per heavy atom. The molecule has 0 saturated carbocycles. The Balaban J connectivity index is 0.00000264. The van der Waals surface area contributed by atoms with Crippen molar-refractivity contribution >= 4 is 23.9 Å². The molecule has 5 nitrogen and oxygen atoms in total. The minimum absolute atomic E-state index is 0. The fourth-order valence-electron chi connectivity index (χ4n) is 2.54. The van der Waals surface area contributed by atoms with Gasteiger partial charge in [0, 0.05) is 31.1 Å². The number of hydrogen-bond donors (Lipinski definition) is 0. The van der Waals surface area contributed by atoms with Crippen molar-refractivity contribution in [3.8, 4) is 5.75 Å². The standard InChI is InChI=1S/C16H19ClNO4.U/c1-21-16(20)12-3-5-13(6-4-12)22-11-15-14(17)7-9-18(15)8-2-10-19;/h3-6,14-15H,2,7-9,11H2,1H3;/q-1;/t14-,15+;/m1./s1. The Kier molecular flexibility index (Phi) is 9.23. The predicted octanol–water partition coefficient (Wildman–Crippen LogP) is 2.03. The number of carbonyl (C=O) groups is 1. The number of hydrogen-bond acceptors (Lipinski definition) is 5. The van der Waals surface area contributed by atoms with E-state index in [0.717, 1.165) is 13.0 Å². The Morgan fingerprint density at radius 2 is 2.09 bits per heavy atom. The van der Waals surface area contributed by atoms with Crippen LogP contribution >= 0.6 is 11.6 Å².